The number of carbonyl (C=O) groups is 2. The molecule has 0 aliphatic carbocycles. The number of hydrogen-bond acceptors (Lipinski definition) is 9. The molecule has 1 aromatic heterocycles. The van der Waals surface area contributed by atoms with Gasteiger partial charge in [-0.3, -0.25) is 10.1 Å². The van der Waals surface area contributed by atoms with Gasteiger partial charge in [0.05, 0.1) is 36.5 Å². The number of nitrogens with zero attached hydrogens (tertiary/aromatic N) is 1. The number of nitro groups is 1. The maximum Gasteiger partial charge on any atom is 0.348 e. The average molecular weight is 539 g/mol. The molecule has 2 N–H and O–H groups in total. The Bertz CT molecular complexity index is 1160. The minimum atomic E-state index is -4.48. The summed E-state index contributed by atoms with van der Waals surface area (Å²) in [6.07, 6.45) is -4.00. The zero-order chi connectivity index (χ0) is 26.5. The first-order valence-electron chi connectivity index (χ1n) is 9.27. The molecule has 0 unspecified atom stereocenters. The summed E-state index contributed by atoms with van der Waals surface area (Å²) in [4.78, 5) is 34.6. The van der Waals surface area contributed by atoms with Crippen molar-refractivity contribution in [3.63, 3.8) is 0 Å². The summed E-state index contributed by atoms with van der Waals surface area (Å²) >= 11 is 5.97. The number of halogens is 4. The molecule has 2 aromatic rings. The predicted octanol–water partition coefficient (Wildman–Crippen LogP) is 4.63. The number of anilines is 2. The van der Waals surface area contributed by atoms with E-state index in [1.54, 1.807) is 0 Å². The van der Waals surface area contributed by atoms with Gasteiger partial charge >= 0.3 is 24.3 Å². The molecule has 0 aliphatic rings. The highest BCUT2D eigenvalue weighted by Crippen LogP contribution is 2.35. The molecule has 0 spiro atoms. The molecule has 0 fully saturated rings. The lowest BCUT2D eigenvalue weighted by molar-refractivity contribution is -0.384. The molecule has 0 bridgehead atoms. The Kier molecular flexibility index (Phi) is 8.92. The molecule has 1 heterocycles. The molecule has 0 saturated carbocycles. The van der Waals surface area contributed by atoms with Gasteiger partial charge in [-0.1, -0.05) is 0 Å². The minimum absolute atomic E-state index is 0.0145. The first kappa shape index (κ1) is 27.7. The summed E-state index contributed by atoms with van der Waals surface area (Å²) < 4.78 is 65.1. The number of ether oxygens (including phenoxy) is 3. The first-order chi connectivity index (χ1) is 16.3. The minimum Gasteiger partial charge on any atom is -0.487 e. The van der Waals surface area contributed by atoms with Gasteiger partial charge in [0.2, 0.25) is 0 Å². The van der Waals surface area contributed by atoms with Crippen LogP contribution in [0.25, 0.3) is 0 Å². The van der Waals surface area contributed by atoms with E-state index >= 15 is 0 Å². The first-order valence-corrected chi connectivity index (χ1v) is 10.5. The third-order valence-electron chi connectivity index (χ3n) is 4.24. The monoisotopic (exact) mass is 539 g/mol. The van der Waals surface area contributed by atoms with Gasteiger partial charge < -0.3 is 24.8 Å². The number of hydrogen-bond donors (Lipinski definition) is 2. The van der Waals surface area contributed by atoms with Crippen molar-refractivity contribution in [1.82, 2.24) is 0 Å². The number of non-ortho nitro benzene ring substituents is 1. The maximum atomic E-state index is 13.2. The third-order valence-corrected chi connectivity index (χ3v) is 5.64. The summed E-state index contributed by atoms with van der Waals surface area (Å²) in [6, 6.07) is 2.76. The molecule has 35 heavy (non-hydrogen) atoms. The summed E-state index contributed by atoms with van der Waals surface area (Å²) in [5.41, 5.74) is -0.485. The zero-order valence-electron chi connectivity index (χ0n) is 18.1. The Morgan fingerprint density at radius 1 is 1.17 bits per heavy atom. The van der Waals surface area contributed by atoms with Gasteiger partial charge in [-0.15, -0.1) is 11.3 Å². The molecular weight excluding hydrogens is 522 g/mol. The third kappa shape index (κ3) is 6.75. The van der Waals surface area contributed by atoms with Crippen molar-refractivity contribution in [1.29, 1.82) is 0 Å². The zero-order valence-corrected chi connectivity index (χ0v) is 19.8. The van der Waals surface area contributed by atoms with Crippen LogP contribution in [0.5, 0.6) is 5.75 Å². The van der Waals surface area contributed by atoms with Crippen LogP contribution in [0.2, 0.25) is 0 Å². The van der Waals surface area contributed by atoms with Crippen LogP contribution in [0, 0.1) is 17.0 Å². The highest BCUT2D eigenvalue weighted by Gasteiger charge is 2.41. The number of benzene rings is 1. The fourth-order valence-electron chi connectivity index (χ4n) is 2.59. The van der Waals surface area contributed by atoms with Crippen LogP contribution in [0.3, 0.4) is 0 Å². The standard InChI is InChI=1S/C19H17F4N3O7S2/c1-8-12(15(27)31-2)14(35-13(8)16(28)32-3)25-18(34)24-9-4-10(26(29)30)6-11(5-9)33-7-19(22,23)17(20)21/h4-6,17H,7H2,1-3H3,(H2,24,25,34). The fraction of sp³-hybridized carbons (Fsp3) is 0.316. The summed E-state index contributed by atoms with van der Waals surface area (Å²) in [5.74, 6) is -6.48. The van der Waals surface area contributed by atoms with Gasteiger partial charge in [-0.05, 0) is 24.7 Å². The van der Waals surface area contributed by atoms with Crippen LogP contribution < -0.4 is 15.4 Å². The number of carbonyl (C=O) groups excluding carboxylic acids is 2. The van der Waals surface area contributed by atoms with Crippen LogP contribution in [-0.2, 0) is 9.47 Å². The Morgan fingerprint density at radius 2 is 1.80 bits per heavy atom. The van der Waals surface area contributed by atoms with Gasteiger partial charge in [0.15, 0.2) is 11.7 Å². The van der Waals surface area contributed by atoms with E-state index in [2.05, 4.69) is 20.1 Å². The van der Waals surface area contributed by atoms with Crippen LogP contribution >= 0.6 is 23.6 Å². The SMILES string of the molecule is COC(=O)c1sc(NC(=S)Nc2cc(OCC(F)(F)C(F)F)cc([N+](=O)[O-])c2)c(C(=O)OC)c1C. The van der Waals surface area contributed by atoms with E-state index in [1.807, 2.05) is 0 Å². The molecule has 0 saturated heterocycles. The molecular formula is C19H17F4N3O7S2. The largest absolute Gasteiger partial charge is 0.487 e. The molecule has 190 valence electrons. The van der Waals surface area contributed by atoms with E-state index in [0.717, 1.165) is 43.8 Å². The number of nitro benzene ring substituents is 1. The second kappa shape index (κ2) is 11.3. The van der Waals surface area contributed by atoms with E-state index in [1.165, 1.54) is 6.92 Å². The summed E-state index contributed by atoms with van der Waals surface area (Å²) in [5, 5.41) is 16.2. The molecule has 10 nitrogen and oxygen atoms in total. The summed E-state index contributed by atoms with van der Waals surface area (Å²) in [7, 11) is 2.28. The molecule has 2 rings (SSSR count). The fourth-order valence-corrected chi connectivity index (χ4v) is 3.99. The number of methoxy groups -OCH3 is 2. The number of esters is 2. The molecule has 16 heteroatoms. The van der Waals surface area contributed by atoms with Crippen molar-refractivity contribution < 1.29 is 46.3 Å². The smallest absolute Gasteiger partial charge is 0.348 e. The van der Waals surface area contributed by atoms with E-state index < -0.39 is 47.3 Å². The Balaban J connectivity index is 2.31. The predicted molar refractivity (Wildman–Crippen MR) is 121 cm³/mol. The number of alkyl halides is 4. The highest BCUT2D eigenvalue weighted by molar-refractivity contribution is 7.80. The van der Waals surface area contributed by atoms with Crippen LogP contribution in [-0.4, -0.2) is 55.1 Å². The van der Waals surface area contributed by atoms with Crippen LogP contribution in [0.1, 0.15) is 25.6 Å². The topological polar surface area (TPSA) is 129 Å². The lowest BCUT2D eigenvalue weighted by Crippen LogP contribution is -2.33. The molecule has 0 amide bonds. The van der Waals surface area contributed by atoms with Gasteiger partial charge in [-0.2, -0.15) is 8.78 Å². The van der Waals surface area contributed by atoms with Gasteiger partial charge in [-0.25, -0.2) is 18.4 Å². The van der Waals surface area contributed by atoms with E-state index in [4.69, 9.17) is 17.0 Å². The van der Waals surface area contributed by atoms with Gasteiger partial charge in [0.1, 0.15) is 15.6 Å². The highest BCUT2D eigenvalue weighted by atomic mass is 32.1. The number of rotatable bonds is 9. The van der Waals surface area contributed by atoms with E-state index in [9.17, 15) is 37.3 Å². The Hall–Kier alpha value is -3.53. The second-order valence-corrected chi connectivity index (χ2v) is 8.07. The van der Waals surface area contributed by atoms with Crippen molar-refractivity contribution >= 4 is 57.0 Å². The molecule has 0 aliphatic heterocycles. The number of thiophene rings is 1. The van der Waals surface area contributed by atoms with Crippen molar-refractivity contribution in [2.45, 2.75) is 19.3 Å². The average Bonchev–Trinajstić information content (AvgIpc) is 3.11. The van der Waals surface area contributed by atoms with Gasteiger partial charge in [0.25, 0.3) is 5.69 Å². The number of nitrogens with one attached hydrogen (secondary N) is 2. The number of thiocarbonyl (C=S) groups is 1. The molecule has 1 aromatic carbocycles. The maximum absolute atomic E-state index is 13.2. The normalized spacial score (nSPS) is 11.1. The van der Waals surface area contributed by atoms with Crippen molar-refractivity contribution in [2.75, 3.05) is 31.5 Å². The lowest BCUT2D eigenvalue weighted by atomic mass is 10.1. The van der Waals surface area contributed by atoms with Crippen molar-refractivity contribution in [3.05, 3.63) is 44.3 Å². The summed E-state index contributed by atoms with van der Waals surface area (Å²) in [6.45, 7) is -0.239. The molecule has 0 atom stereocenters. The van der Waals surface area contributed by atoms with Crippen LogP contribution in [0.15, 0.2) is 18.2 Å². The van der Waals surface area contributed by atoms with E-state index in [0.29, 0.717) is 0 Å². The second-order valence-electron chi connectivity index (χ2n) is 6.65. The lowest BCUT2D eigenvalue weighted by Gasteiger charge is -2.16. The van der Waals surface area contributed by atoms with Crippen LogP contribution in [0.4, 0.5) is 33.9 Å². The van der Waals surface area contributed by atoms with Crippen molar-refractivity contribution in [3.8, 4) is 5.75 Å². The van der Waals surface area contributed by atoms with Gasteiger partial charge in [0, 0.05) is 12.1 Å². The quantitative estimate of drug-likeness (QED) is 0.153. The van der Waals surface area contributed by atoms with E-state index in [-0.39, 0.29) is 31.8 Å². The van der Waals surface area contributed by atoms with Crippen molar-refractivity contribution in [2.24, 2.45) is 0 Å². The Morgan fingerprint density at radius 3 is 2.34 bits per heavy atom. The Labute approximate surface area is 204 Å². The molecule has 0 radical (unpaired) electrons.